The molecule has 1 aliphatic rings. The number of carbonyl (C=O) groups is 2. The Morgan fingerprint density at radius 1 is 0.917 bits per heavy atom. The number of rotatable bonds is 7. The second-order valence-electron chi connectivity index (χ2n) is 9.87. The predicted molar refractivity (Wildman–Crippen MR) is 140 cm³/mol. The number of nitrogens with one attached hydrogen (secondary N) is 1. The van der Waals surface area contributed by atoms with Gasteiger partial charge in [0, 0.05) is 44.3 Å². The largest absolute Gasteiger partial charge is 0.483 e. The molecule has 0 radical (unpaired) electrons. The van der Waals surface area contributed by atoms with E-state index in [9.17, 15) is 9.59 Å². The summed E-state index contributed by atoms with van der Waals surface area (Å²) in [6.45, 7) is 8.97. The van der Waals surface area contributed by atoms with Crippen molar-refractivity contribution >= 4 is 23.5 Å². The average molecular weight is 488 g/mol. The summed E-state index contributed by atoms with van der Waals surface area (Å²) in [5.74, 6) is 1.27. The van der Waals surface area contributed by atoms with E-state index in [1.165, 1.54) is 0 Å². The summed E-state index contributed by atoms with van der Waals surface area (Å²) in [6.07, 6.45) is 3.78. The Labute approximate surface area is 212 Å². The summed E-state index contributed by atoms with van der Waals surface area (Å²) in [5.41, 5.74) is 2.55. The van der Waals surface area contributed by atoms with E-state index in [4.69, 9.17) is 4.74 Å². The summed E-state index contributed by atoms with van der Waals surface area (Å²) in [5, 5.41) is 2.86. The number of benzene rings is 2. The molecule has 1 N–H and O–H groups in total. The molecule has 1 aliphatic heterocycles. The first-order valence-electron chi connectivity index (χ1n) is 12.2. The highest BCUT2D eigenvalue weighted by Crippen LogP contribution is 2.30. The molecule has 0 saturated carbocycles. The number of ether oxygens (including phenoxy) is 1. The van der Waals surface area contributed by atoms with Crippen LogP contribution in [0.3, 0.4) is 0 Å². The molecule has 0 unspecified atom stereocenters. The fourth-order valence-electron chi connectivity index (χ4n) is 4.16. The van der Waals surface area contributed by atoms with E-state index in [1.807, 2.05) is 53.4 Å². The summed E-state index contributed by atoms with van der Waals surface area (Å²) >= 11 is 0. The molecule has 8 nitrogen and oxygen atoms in total. The number of nitrogens with zero attached hydrogens (tertiary/aromatic N) is 4. The number of amides is 2. The van der Waals surface area contributed by atoms with Gasteiger partial charge in [0.25, 0.3) is 5.91 Å². The van der Waals surface area contributed by atoms with Gasteiger partial charge in [-0.05, 0) is 40.8 Å². The third-order valence-corrected chi connectivity index (χ3v) is 6.11. The minimum absolute atomic E-state index is 0.0761. The number of hydrogen-bond donors (Lipinski definition) is 1. The van der Waals surface area contributed by atoms with Crippen LogP contribution in [0.4, 0.5) is 11.6 Å². The van der Waals surface area contributed by atoms with E-state index in [0.29, 0.717) is 50.0 Å². The van der Waals surface area contributed by atoms with E-state index in [2.05, 4.69) is 41.0 Å². The Morgan fingerprint density at radius 2 is 1.58 bits per heavy atom. The SMILES string of the molecule is CC(C)(C)c1ccccc1OCC(=O)Nc1ccc(CC(=O)N2CCN(c3ncccn3)CC2)cc1. The zero-order valence-electron chi connectivity index (χ0n) is 21.1. The van der Waals surface area contributed by atoms with Gasteiger partial charge in [0.2, 0.25) is 11.9 Å². The normalized spacial score (nSPS) is 13.9. The Morgan fingerprint density at radius 3 is 2.25 bits per heavy atom. The van der Waals surface area contributed by atoms with Crippen molar-refractivity contribution in [2.45, 2.75) is 32.6 Å². The van der Waals surface area contributed by atoms with Crippen LogP contribution < -0.4 is 15.0 Å². The number of para-hydroxylation sites is 1. The second-order valence-corrected chi connectivity index (χ2v) is 9.87. The Hall–Kier alpha value is -3.94. The van der Waals surface area contributed by atoms with Gasteiger partial charge in [0.15, 0.2) is 6.61 Å². The molecule has 2 heterocycles. The third-order valence-electron chi connectivity index (χ3n) is 6.11. The maximum atomic E-state index is 12.8. The Balaban J connectivity index is 1.24. The first-order chi connectivity index (χ1) is 17.3. The van der Waals surface area contributed by atoms with Gasteiger partial charge in [-0.1, -0.05) is 51.1 Å². The van der Waals surface area contributed by atoms with Crippen LogP contribution in [0.1, 0.15) is 31.9 Å². The van der Waals surface area contributed by atoms with E-state index in [0.717, 1.165) is 11.1 Å². The van der Waals surface area contributed by atoms with Crippen LogP contribution in [0, 0.1) is 0 Å². The molecule has 2 aromatic carbocycles. The van der Waals surface area contributed by atoms with Crippen LogP contribution in [0.2, 0.25) is 0 Å². The van der Waals surface area contributed by atoms with E-state index in [-0.39, 0.29) is 23.8 Å². The molecule has 0 spiro atoms. The van der Waals surface area contributed by atoms with E-state index >= 15 is 0 Å². The molecule has 1 aromatic heterocycles. The molecule has 0 atom stereocenters. The quantitative estimate of drug-likeness (QED) is 0.547. The van der Waals surface area contributed by atoms with Crippen molar-refractivity contribution in [2.75, 3.05) is 43.0 Å². The standard InChI is InChI=1S/C28H33N5O3/c1-28(2,3)23-7-4-5-8-24(23)36-20-25(34)31-22-11-9-21(10-12-22)19-26(35)32-15-17-33(18-16-32)27-29-13-6-14-30-27/h4-14H,15-20H2,1-3H3,(H,31,34). The summed E-state index contributed by atoms with van der Waals surface area (Å²) in [7, 11) is 0. The van der Waals surface area contributed by atoms with Crippen molar-refractivity contribution in [2.24, 2.45) is 0 Å². The van der Waals surface area contributed by atoms with Crippen LogP contribution in [-0.4, -0.2) is 59.5 Å². The van der Waals surface area contributed by atoms with Gasteiger partial charge in [-0.2, -0.15) is 0 Å². The fourth-order valence-corrected chi connectivity index (χ4v) is 4.16. The van der Waals surface area contributed by atoms with Gasteiger partial charge in [-0.25, -0.2) is 9.97 Å². The molecule has 1 saturated heterocycles. The van der Waals surface area contributed by atoms with E-state index < -0.39 is 0 Å². The average Bonchev–Trinajstić information content (AvgIpc) is 2.89. The fraction of sp³-hybridized carbons (Fsp3) is 0.357. The van der Waals surface area contributed by atoms with Gasteiger partial charge < -0.3 is 19.9 Å². The van der Waals surface area contributed by atoms with Gasteiger partial charge in [0.05, 0.1) is 6.42 Å². The van der Waals surface area contributed by atoms with Crippen molar-refractivity contribution in [3.8, 4) is 5.75 Å². The minimum atomic E-state index is -0.234. The summed E-state index contributed by atoms with van der Waals surface area (Å²) in [4.78, 5) is 37.7. The third kappa shape index (κ3) is 6.59. The molecular weight excluding hydrogens is 454 g/mol. The lowest BCUT2D eigenvalue weighted by Gasteiger charge is -2.34. The highest BCUT2D eigenvalue weighted by Gasteiger charge is 2.22. The van der Waals surface area contributed by atoms with E-state index in [1.54, 1.807) is 18.5 Å². The molecular formula is C28H33N5O3. The van der Waals surface area contributed by atoms with Gasteiger partial charge in [-0.15, -0.1) is 0 Å². The highest BCUT2D eigenvalue weighted by molar-refractivity contribution is 5.92. The maximum absolute atomic E-state index is 12.8. The molecule has 1 fully saturated rings. The number of piperazine rings is 1. The van der Waals surface area contributed by atoms with Crippen molar-refractivity contribution < 1.29 is 14.3 Å². The molecule has 36 heavy (non-hydrogen) atoms. The van der Waals surface area contributed by atoms with Gasteiger partial charge >= 0.3 is 0 Å². The van der Waals surface area contributed by atoms with Crippen LogP contribution in [0.15, 0.2) is 67.0 Å². The van der Waals surface area contributed by atoms with Crippen LogP contribution in [-0.2, 0) is 21.4 Å². The number of hydrogen-bond acceptors (Lipinski definition) is 6. The van der Waals surface area contributed by atoms with Crippen molar-refractivity contribution in [1.82, 2.24) is 14.9 Å². The van der Waals surface area contributed by atoms with Gasteiger partial charge in [0.1, 0.15) is 5.75 Å². The zero-order chi connectivity index (χ0) is 25.5. The Bertz CT molecular complexity index is 1170. The molecule has 8 heteroatoms. The van der Waals surface area contributed by atoms with Crippen molar-refractivity contribution in [3.63, 3.8) is 0 Å². The summed E-state index contributed by atoms with van der Waals surface area (Å²) in [6, 6.07) is 16.9. The molecule has 0 bridgehead atoms. The zero-order valence-corrected chi connectivity index (χ0v) is 21.1. The van der Waals surface area contributed by atoms with Crippen molar-refractivity contribution in [3.05, 3.63) is 78.1 Å². The molecule has 0 aliphatic carbocycles. The number of aromatic nitrogens is 2. The highest BCUT2D eigenvalue weighted by atomic mass is 16.5. The maximum Gasteiger partial charge on any atom is 0.262 e. The topological polar surface area (TPSA) is 87.7 Å². The number of anilines is 2. The molecule has 3 aromatic rings. The molecule has 4 rings (SSSR count). The minimum Gasteiger partial charge on any atom is -0.483 e. The lowest BCUT2D eigenvalue weighted by molar-refractivity contribution is -0.130. The molecule has 188 valence electrons. The van der Waals surface area contributed by atoms with Crippen LogP contribution in [0.25, 0.3) is 0 Å². The van der Waals surface area contributed by atoms with Gasteiger partial charge in [-0.3, -0.25) is 9.59 Å². The van der Waals surface area contributed by atoms with Crippen LogP contribution in [0.5, 0.6) is 5.75 Å². The first-order valence-corrected chi connectivity index (χ1v) is 12.2. The predicted octanol–water partition coefficient (Wildman–Crippen LogP) is 3.68. The first kappa shape index (κ1) is 25.2. The Kier molecular flexibility index (Phi) is 7.83. The monoisotopic (exact) mass is 487 g/mol. The molecule has 2 amide bonds. The number of carbonyl (C=O) groups excluding carboxylic acids is 2. The van der Waals surface area contributed by atoms with Crippen molar-refractivity contribution in [1.29, 1.82) is 0 Å². The lowest BCUT2D eigenvalue weighted by atomic mass is 9.86. The second kappa shape index (κ2) is 11.2. The lowest BCUT2D eigenvalue weighted by Crippen LogP contribution is -2.49. The summed E-state index contributed by atoms with van der Waals surface area (Å²) < 4.78 is 5.80. The smallest absolute Gasteiger partial charge is 0.262 e. The van der Waals surface area contributed by atoms with Crippen LogP contribution >= 0.6 is 0 Å².